The fourth-order valence-corrected chi connectivity index (χ4v) is 4.32. The first-order valence-electron chi connectivity index (χ1n) is 10.5. The summed E-state index contributed by atoms with van der Waals surface area (Å²) < 4.78 is 44.2. The van der Waals surface area contributed by atoms with E-state index in [0.717, 1.165) is 5.56 Å². The van der Waals surface area contributed by atoms with Crippen molar-refractivity contribution in [1.29, 1.82) is 0 Å². The average molecular weight is 482 g/mol. The molecule has 176 valence electrons. The molecule has 34 heavy (non-hydrogen) atoms. The van der Waals surface area contributed by atoms with Gasteiger partial charge in [-0.2, -0.15) is 5.10 Å². The van der Waals surface area contributed by atoms with Crippen molar-refractivity contribution in [2.75, 3.05) is 18.1 Å². The molecule has 0 aromatic heterocycles. The smallest absolute Gasteiger partial charge is 0.273 e. The molecule has 9 nitrogen and oxygen atoms in total. The fourth-order valence-electron chi connectivity index (χ4n) is 3.24. The number of hydrogen-bond donors (Lipinski definition) is 2. The predicted molar refractivity (Wildman–Crippen MR) is 127 cm³/mol. The Bertz CT molecular complexity index is 1340. The van der Waals surface area contributed by atoms with E-state index in [0.29, 0.717) is 29.6 Å². The molecule has 0 saturated carbocycles. The highest BCUT2D eigenvalue weighted by molar-refractivity contribution is 7.92. The molecular formula is C24H23N3O6S. The number of amides is 1. The van der Waals surface area contributed by atoms with Crippen LogP contribution < -0.4 is 24.4 Å². The second-order valence-electron chi connectivity index (χ2n) is 7.26. The maximum absolute atomic E-state index is 12.9. The van der Waals surface area contributed by atoms with Gasteiger partial charge in [0.2, 0.25) is 6.79 Å². The Hall–Kier alpha value is -4.05. The number of hydrogen-bond acceptors (Lipinski definition) is 7. The number of hydrazone groups is 1. The molecule has 1 amide bonds. The van der Waals surface area contributed by atoms with Gasteiger partial charge in [0, 0.05) is 5.56 Å². The van der Waals surface area contributed by atoms with E-state index in [-0.39, 0.29) is 22.9 Å². The topological polar surface area (TPSA) is 115 Å². The van der Waals surface area contributed by atoms with E-state index in [1.165, 1.54) is 24.3 Å². The third-order valence-electron chi connectivity index (χ3n) is 4.98. The summed E-state index contributed by atoms with van der Waals surface area (Å²) in [5.41, 5.74) is 4.02. The third-order valence-corrected chi connectivity index (χ3v) is 6.36. The molecule has 2 N–H and O–H groups in total. The Morgan fingerprint density at radius 1 is 1.03 bits per heavy atom. The normalized spacial score (nSPS) is 12.8. The second-order valence-corrected chi connectivity index (χ2v) is 8.94. The van der Waals surface area contributed by atoms with Gasteiger partial charge in [0.25, 0.3) is 15.9 Å². The molecule has 1 heterocycles. The molecule has 4 rings (SSSR count). The zero-order chi connectivity index (χ0) is 24.1. The van der Waals surface area contributed by atoms with Crippen molar-refractivity contribution in [3.63, 3.8) is 0 Å². The van der Waals surface area contributed by atoms with Gasteiger partial charge in [-0.1, -0.05) is 12.1 Å². The minimum absolute atomic E-state index is 0.0443. The average Bonchev–Trinajstić information content (AvgIpc) is 3.31. The van der Waals surface area contributed by atoms with Gasteiger partial charge in [-0.3, -0.25) is 9.52 Å². The maximum atomic E-state index is 12.9. The van der Waals surface area contributed by atoms with Gasteiger partial charge < -0.3 is 14.2 Å². The van der Waals surface area contributed by atoms with Gasteiger partial charge in [-0.05, 0) is 68.4 Å². The van der Waals surface area contributed by atoms with Crippen LogP contribution in [0.2, 0.25) is 0 Å². The van der Waals surface area contributed by atoms with Crippen LogP contribution in [0.5, 0.6) is 17.2 Å². The zero-order valence-electron chi connectivity index (χ0n) is 18.6. The maximum Gasteiger partial charge on any atom is 0.273 e. The number of anilines is 1. The molecule has 0 spiro atoms. The lowest BCUT2D eigenvalue weighted by molar-refractivity contribution is 0.0955. The minimum atomic E-state index is -3.93. The summed E-state index contributed by atoms with van der Waals surface area (Å²) >= 11 is 0. The van der Waals surface area contributed by atoms with E-state index in [2.05, 4.69) is 15.2 Å². The molecule has 3 aromatic carbocycles. The number of nitrogens with one attached hydrogen (secondary N) is 2. The lowest BCUT2D eigenvalue weighted by atomic mass is 10.1. The van der Waals surface area contributed by atoms with Crippen LogP contribution in [-0.4, -0.2) is 33.4 Å². The summed E-state index contributed by atoms with van der Waals surface area (Å²) in [4.78, 5) is 12.9. The van der Waals surface area contributed by atoms with Gasteiger partial charge in [-0.25, -0.2) is 13.8 Å². The summed E-state index contributed by atoms with van der Waals surface area (Å²) in [5.74, 6) is 1.25. The quantitative estimate of drug-likeness (QED) is 0.374. The van der Waals surface area contributed by atoms with Gasteiger partial charge >= 0.3 is 0 Å². The number of fused-ring (bicyclic) bond motifs is 1. The molecule has 0 atom stereocenters. The van der Waals surface area contributed by atoms with Crippen LogP contribution in [0.25, 0.3) is 0 Å². The first-order chi connectivity index (χ1) is 16.4. The van der Waals surface area contributed by atoms with E-state index in [1.54, 1.807) is 49.4 Å². The summed E-state index contributed by atoms with van der Waals surface area (Å²) in [7, 11) is -3.93. The van der Waals surface area contributed by atoms with Gasteiger partial charge in [0.05, 0.1) is 28.5 Å². The van der Waals surface area contributed by atoms with E-state index < -0.39 is 15.9 Å². The number of ether oxygens (including phenoxy) is 3. The van der Waals surface area contributed by atoms with Crippen molar-refractivity contribution in [3.8, 4) is 17.2 Å². The largest absolute Gasteiger partial charge is 0.494 e. The van der Waals surface area contributed by atoms with Crippen molar-refractivity contribution in [2.24, 2.45) is 5.10 Å². The molecule has 1 aliphatic heterocycles. The van der Waals surface area contributed by atoms with Crippen LogP contribution in [0.4, 0.5) is 5.69 Å². The number of sulfonamides is 1. The van der Waals surface area contributed by atoms with E-state index in [1.807, 2.05) is 6.92 Å². The van der Waals surface area contributed by atoms with Crippen LogP contribution in [0, 0.1) is 0 Å². The van der Waals surface area contributed by atoms with Crippen LogP contribution in [0.3, 0.4) is 0 Å². The molecule has 0 unspecified atom stereocenters. The highest BCUT2D eigenvalue weighted by Crippen LogP contribution is 2.32. The van der Waals surface area contributed by atoms with E-state index >= 15 is 0 Å². The van der Waals surface area contributed by atoms with Gasteiger partial charge in [0.15, 0.2) is 11.5 Å². The number of nitrogens with zero attached hydrogens (tertiary/aromatic N) is 1. The molecular weight excluding hydrogens is 458 g/mol. The lowest BCUT2D eigenvalue weighted by Crippen LogP contribution is -2.22. The van der Waals surface area contributed by atoms with Crippen molar-refractivity contribution < 1.29 is 27.4 Å². The van der Waals surface area contributed by atoms with Gasteiger partial charge in [0.1, 0.15) is 5.75 Å². The number of benzene rings is 3. The number of rotatable bonds is 8. The molecule has 1 aliphatic rings. The van der Waals surface area contributed by atoms with E-state index in [4.69, 9.17) is 14.2 Å². The second kappa shape index (κ2) is 9.84. The summed E-state index contributed by atoms with van der Waals surface area (Å²) in [6, 6.07) is 17.7. The zero-order valence-corrected chi connectivity index (χ0v) is 19.4. The van der Waals surface area contributed by atoms with Crippen LogP contribution in [0.1, 0.15) is 29.8 Å². The Balaban J connectivity index is 1.50. The minimum Gasteiger partial charge on any atom is -0.494 e. The van der Waals surface area contributed by atoms with Crippen molar-refractivity contribution in [2.45, 2.75) is 18.7 Å². The third kappa shape index (κ3) is 5.12. The SMILES string of the molecule is CCOc1ccc(S(=O)(=O)Nc2ccccc2C(=O)NN=C(C)c2ccc3c(c2)OCO3)cc1. The number of carbonyl (C=O) groups excluding carboxylic acids is 1. The standard InChI is InChI=1S/C24H23N3O6S/c1-3-31-18-9-11-19(12-10-18)34(29,30)27-21-7-5-4-6-20(21)24(28)26-25-16(2)17-8-13-22-23(14-17)33-15-32-22/h4-14,27H,3,15H2,1-2H3,(H,26,28). The fraction of sp³-hybridized carbons (Fsp3) is 0.167. The number of para-hydroxylation sites is 1. The number of carbonyl (C=O) groups is 1. The van der Waals surface area contributed by atoms with Crippen LogP contribution >= 0.6 is 0 Å². The Morgan fingerprint density at radius 2 is 1.76 bits per heavy atom. The monoisotopic (exact) mass is 481 g/mol. The molecule has 0 radical (unpaired) electrons. The van der Waals surface area contributed by atoms with Crippen molar-refractivity contribution in [3.05, 3.63) is 77.9 Å². The molecule has 0 fully saturated rings. The Morgan fingerprint density at radius 3 is 2.53 bits per heavy atom. The van der Waals surface area contributed by atoms with Gasteiger partial charge in [-0.15, -0.1) is 0 Å². The van der Waals surface area contributed by atoms with Crippen LogP contribution in [-0.2, 0) is 10.0 Å². The first-order valence-corrected chi connectivity index (χ1v) is 11.9. The Labute approximate surface area is 197 Å². The summed E-state index contributed by atoms with van der Waals surface area (Å²) in [6.45, 7) is 4.21. The molecule has 0 aliphatic carbocycles. The van der Waals surface area contributed by atoms with Crippen LogP contribution in [0.15, 0.2) is 76.7 Å². The molecule has 10 heteroatoms. The first kappa shape index (κ1) is 23.1. The highest BCUT2D eigenvalue weighted by Gasteiger charge is 2.19. The highest BCUT2D eigenvalue weighted by atomic mass is 32.2. The lowest BCUT2D eigenvalue weighted by Gasteiger charge is -2.12. The molecule has 3 aromatic rings. The predicted octanol–water partition coefficient (Wildman–Crippen LogP) is 3.77. The summed E-state index contributed by atoms with van der Waals surface area (Å²) in [6.07, 6.45) is 0. The van der Waals surface area contributed by atoms with E-state index in [9.17, 15) is 13.2 Å². The molecule has 0 saturated heterocycles. The summed E-state index contributed by atoms with van der Waals surface area (Å²) in [5, 5.41) is 4.15. The molecule has 0 bridgehead atoms. The van der Waals surface area contributed by atoms with Crippen molar-refractivity contribution >= 4 is 27.3 Å². The van der Waals surface area contributed by atoms with Crippen molar-refractivity contribution in [1.82, 2.24) is 5.43 Å². The Kier molecular flexibility index (Phi) is 6.69.